The van der Waals surface area contributed by atoms with Gasteiger partial charge in [0.2, 0.25) is 0 Å². The number of nitrogen functional groups attached to an aromatic ring is 1. The van der Waals surface area contributed by atoms with E-state index in [0.717, 1.165) is 15.4 Å². The first kappa shape index (κ1) is 11.5. The average Bonchev–Trinajstić information content (AvgIpc) is 2.77. The van der Waals surface area contributed by atoms with Gasteiger partial charge in [-0.2, -0.15) is 0 Å². The minimum Gasteiger partial charge on any atom is -0.397 e. The Morgan fingerprint density at radius 2 is 1.89 bits per heavy atom. The Morgan fingerprint density at radius 1 is 1.06 bits per heavy atom. The Labute approximate surface area is 114 Å². The number of hydrogen-bond acceptors (Lipinski definition) is 2. The van der Waals surface area contributed by atoms with Gasteiger partial charge in [0.25, 0.3) is 0 Å². The summed E-state index contributed by atoms with van der Waals surface area (Å²) >= 11 is 7.60. The first-order chi connectivity index (χ1) is 8.74. The van der Waals surface area contributed by atoms with Gasteiger partial charge in [-0.05, 0) is 24.3 Å². The molecule has 2 nitrogen and oxygen atoms in total. The molecule has 0 saturated carbocycles. The van der Waals surface area contributed by atoms with Crippen molar-refractivity contribution in [2.75, 3.05) is 5.73 Å². The third-order valence-corrected chi connectivity index (χ3v) is 4.08. The lowest BCUT2D eigenvalue weighted by Crippen LogP contribution is -1.89. The zero-order chi connectivity index (χ0) is 12.5. The van der Waals surface area contributed by atoms with Crippen molar-refractivity contribution in [3.05, 3.63) is 53.6 Å². The van der Waals surface area contributed by atoms with Crippen LogP contribution in [0, 0.1) is 0 Å². The minimum absolute atomic E-state index is 0.594. The number of benzene rings is 2. The molecule has 0 bridgehead atoms. The molecule has 0 spiro atoms. The van der Waals surface area contributed by atoms with Crippen molar-refractivity contribution in [2.45, 2.75) is 9.92 Å². The van der Waals surface area contributed by atoms with Crippen molar-refractivity contribution in [3.63, 3.8) is 0 Å². The predicted octanol–water partition coefficient (Wildman–Crippen LogP) is 4.55. The summed E-state index contributed by atoms with van der Waals surface area (Å²) in [5, 5.41) is 2.85. The van der Waals surface area contributed by atoms with Crippen LogP contribution in [0.3, 0.4) is 0 Å². The average molecular weight is 275 g/mol. The maximum absolute atomic E-state index is 6.01. The monoisotopic (exact) mass is 274 g/mol. The van der Waals surface area contributed by atoms with Gasteiger partial charge in [0, 0.05) is 15.8 Å². The van der Waals surface area contributed by atoms with E-state index in [4.69, 9.17) is 17.3 Å². The summed E-state index contributed by atoms with van der Waals surface area (Å²) in [6.45, 7) is 0. The number of aromatic amines is 1. The molecular weight excluding hydrogens is 264 g/mol. The molecule has 1 aromatic heterocycles. The number of fused-ring (bicyclic) bond motifs is 1. The summed E-state index contributed by atoms with van der Waals surface area (Å²) in [6, 6.07) is 16.0. The highest BCUT2D eigenvalue weighted by molar-refractivity contribution is 7.99. The largest absolute Gasteiger partial charge is 0.397 e. The smallest absolute Gasteiger partial charge is 0.0781 e. The molecule has 90 valence electrons. The Bertz CT molecular complexity index is 673. The summed E-state index contributed by atoms with van der Waals surface area (Å²) in [5.74, 6) is 0. The Morgan fingerprint density at radius 3 is 2.72 bits per heavy atom. The van der Waals surface area contributed by atoms with Crippen LogP contribution in [0.1, 0.15) is 0 Å². The molecule has 0 unspecified atom stereocenters. The van der Waals surface area contributed by atoms with E-state index in [1.165, 1.54) is 5.39 Å². The molecule has 3 rings (SSSR count). The fraction of sp³-hybridized carbons (Fsp3) is 0. The van der Waals surface area contributed by atoms with Crippen LogP contribution in [-0.4, -0.2) is 4.98 Å². The number of H-pyrrole nitrogens is 1. The van der Waals surface area contributed by atoms with Crippen LogP contribution >= 0.6 is 23.4 Å². The maximum Gasteiger partial charge on any atom is 0.0781 e. The van der Waals surface area contributed by atoms with Gasteiger partial charge in [-0.1, -0.05) is 47.6 Å². The maximum atomic E-state index is 6.01. The molecule has 0 atom stereocenters. The van der Waals surface area contributed by atoms with Gasteiger partial charge < -0.3 is 10.7 Å². The molecule has 0 aliphatic heterocycles. The van der Waals surface area contributed by atoms with Crippen molar-refractivity contribution in [1.29, 1.82) is 0 Å². The highest BCUT2D eigenvalue weighted by Crippen LogP contribution is 2.36. The standard InChI is InChI=1S/C14H11ClN2S/c15-10-5-3-7-12(14(10)16)18-13-8-9-4-1-2-6-11(9)17-13/h1-8,17H,16H2. The highest BCUT2D eigenvalue weighted by Gasteiger charge is 2.07. The molecule has 0 saturated heterocycles. The summed E-state index contributed by atoms with van der Waals surface area (Å²) in [4.78, 5) is 4.32. The third-order valence-electron chi connectivity index (χ3n) is 2.74. The Hall–Kier alpha value is -1.58. The summed E-state index contributed by atoms with van der Waals surface area (Å²) < 4.78 is 0. The summed E-state index contributed by atoms with van der Waals surface area (Å²) in [5.41, 5.74) is 7.71. The number of anilines is 1. The van der Waals surface area contributed by atoms with Gasteiger partial charge in [0.05, 0.1) is 15.7 Å². The zero-order valence-corrected chi connectivity index (χ0v) is 11.1. The second kappa shape index (κ2) is 4.59. The molecule has 0 fully saturated rings. The quantitative estimate of drug-likeness (QED) is 0.673. The predicted molar refractivity (Wildman–Crippen MR) is 78.3 cm³/mol. The van der Waals surface area contributed by atoms with Crippen LogP contribution in [0.5, 0.6) is 0 Å². The van der Waals surface area contributed by atoms with E-state index in [0.29, 0.717) is 10.7 Å². The number of rotatable bonds is 2. The molecule has 0 amide bonds. The molecular formula is C14H11ClN2S. The van der Waals surface area contributed by atoms with Crippen LogP contribution in [0.15, 0.2) is 58.5 Å². The second-order valence-electron chi connectivity index (χ2n) is 3.97. The van der Waals surface area contributed by atoms with Crippen LogP contribution in [0.4, 0.5) is 5.69 Å². The van der Waals surface area contributed by atoms with E-state index in [2.05, 4.69) is 23.2 Å². The van der Waals surface area contributed by atoms with Gasteiger partial charge in [-0.3, -0.25) is 0 Å². The molecule has 3 aromatic rings. The number of hydrogen-bond donors (Lipinski definition) is 2. The van der Waals surface area contributed by atoms with E-state index < -0.39 is 0 Å². The Kier molecular flexibility index (Phi) is 2.94. The normalized spacial score (nSPS) is 10.9. The van der Waals surface area contributed by atoms with Gasteiger partial charge in [-0.15, -0.1) is 0 Å². The van der Waals surface area contributed by atoms with E-state index in [9.17, 15) is 0 Å². The number of halogens is 1. The number of aromatic nitrogens is 1. The molecule has 4 heteroatoms. The fourth-order valence-corrected chi connectivity index (χ4v) is 3.01. The second-order valence-corrected chi connectivity index (χ2v) is 5.47. The lowest BCUT2D eigenvalue weighted by Gasteiger charge is -2.04. The molecule has 18 heavy (non-hydrogen) atoms. The van der Waals surface area contributed by atoms with Crippen LogP contribution in [-0.2, 0) is 0 Å². The van der Waals surface area contributed by atoms with Crippen LogP contribution < -0.4 is 5.73 Å². The first-order valence-corrected chi connectivity index (χ1v) is 6.73. The summed E-state index contributed by atoms with van der Waals surface area (Å²) in [7, 11) is 0. The zero-order valence-electron chi connectivity index (χ0n) is 9.48. The number of nitrogens with two attached hydrogens (primary N) is 1. The van der Waals surface area contributed by atoms with E-state index in [-0.39, 0.29) is 0 Å². The van der Waals surface area contributed by atoms with Crippen molar-refractivity contribution in [3.8, 4) is 0 Å². The lowest BCUT2D eigenvalue weighted by molar-refractivity contribution is 1.23. The molecule has 0 radical (unpaired) electrons. The molecule has 0 aliphatic carbocycles. The lowest BCUT2D eigenvalue weighted by atomic mass is 10.3. The van der Waals surface area contributed by atoms with Gasteiger partial charge in [0.1, 0.15) is 0 Å². The van der Waals surface area contributed by atoms with E-state index >= 15 is 0 Å². The topological polar surface area (TPSA) is 41.8 Å². The molecule has 3 N–H and O–H groups in total. The molecule has 0 aliphatic rings. The third kappa shape index (κ3) is 2.07. The number of nitrogens with one attached hydrogen (secondary N) is 1. The van der Waals surface area contributed by atoms with Crippen LogP contribution in [0.2, 0.25) is 5.02 Å². The van der Waals surface area contributed by atoms with Gasteiger partial charge >= 0.3 is 0 Å². The van der Waals surface area contributed by atoms with Crippen molar-refractivity contribution in [2.24, 2.45) is 0 Å². The van der Waals surface area contributed by atoms with E-state index in [1.54, 1.807) is 17.8 Å². The number of para-hydroxylation sites is 2. The minimum atomic E-state index is 0.594. The van der Waals surface area contributed by atoms with Crippen molar-refractivity contribution < 1.29 is 0 Å². The SMILES string of the molecule is Nc1c(Cl)cccc1Sc1cc2ccccc2[nH]1. The van der Waals surface area contributed by atoms with E-state index in [1.807, 2.05) is 24.3 Å². The first-order valence-electron chi connectivity index (χ1n) is 5.53. The molecule has 1 heterocycles. The summed E-state index contributed by atoms with van der Waals surface area (Å²) in [6.07, 6.45) is 0. The van der Waals surface area contributed by atoms with Crippen LogP contribution in [0.25, 0.3) is 10.9 Å². The highest BCUT2D eigenvalue weighted by atomic mass is 35.5. The fourth-order valence-electron chi connectivity index (χ4n) is 1.83. The Balaban J connectivity index is 1.99. The van der Waals surface area contributed by atoms with Crippen molar-refractivity contribution >= 4 is 40.0 Å². The molecule has 2 aromatic carbocycles. The van der Waals surface area contributed by atoms with Gasteiger partial charge in [-0.25, -0.2) is 0 Å². The van der Waals surface area contributed by atoms with Gasteiger partial charge in [0.15, 0.2) is 0 Å². The van der Waals surface area contributed by atoms with Crippen molar-refractivity contribution in [1.82, 2.24) is 4.98 Å².